The van der Waals surface area contributed by atoms with E-state index < -0.39 is 32.9 Å². The maximum absolute atomic E-state index is 11.2. The SMILES string of the molecule is CC(C)(C(=O)O)S(=O)(=O)CCO. The van der Waals surface area contributed by atoms with Gasteiger partial charge < -0.3 is 10.2 Å². The Morgan fingerprint density at radius 3 is 2.08 bits per heavy atom. The van der Waals surface area contributed by atoms with Gasteiger partial charge in [0.2, 0.25) is 0 Å². The molecule has 0 atom stereocenters. The fourth-order valence-corrected chi connectivity index (χ4v) is 1.53. The van der Waals surface area contributed by atoms with E-state index in [0.29, 0.717) is 0 Å². The first-order valence-corrected chi connectivity index (χ1v) is 4.97. The summed E-state index contributed by atoms with van der Waals surface area (Å²) in [6, 6.07) is 0. The number of rotatable bonds is 4. The number of hydrogen-bond donors (Lipinski definition) is 2. The molecule has 0 saturated carbocycles. The van der Waals surface area contributed by atoms with Gasteiger partial charge in [-0.25, -0.2) is 8.42 Å². The van der Waals surface area contributed by atoms with Gasteiger partial charge in [-0.1, -0.05) is 0 Å². The minimum atomic E-state index is -3.76. The predicted molar refractivity (Wildman–Crippen MR) is 42.6 cm³/mol. The van der Waals surface area contributed by atoms with E-state index in [4.69, 9.17) is 10.2 Å². The highest BCUT2D eigenvalue weighted by Gasteiger charge is 2.41. The minimum absolute atomic E-state index is 0.522. The Morgan fingerprint density at radius 2 is 1.83 bits per heavy atom. The summed E-state index contributed by atoms with van der Waals surface area (Å²) >= 11 is 0. The maximum atomic E-state index is 11.2. The number of hydrogen-bond acceptors (Lipinski definition) is 4. The third-order valence-corrected chi connectivity index (χ3v) is 4.10. The topological polar surface area (TPSA) is 91.7 Å². The van der Waals surface area contributed by atoms with Crippen molar-refractivity contribution in [1.82, 2.24) is 0 Å². The Balaban J connectivity index is 4.90. The number of carboxylic acid groups (broad SMARTS) is 1. The first kappa shape index (κ1) is 11.4. The van der Waals surface area contributed by atoms with Crippen LogP contribution in [0.1, 0.15) is 13.8 Å². The highest BCUT2D eigenvalue weighted by Crippen LogP contribution is 2.16. The molecule has 2 N–H and O–H groups in total. The smallest absolute Gasteiger partial charge is 0.324 e. The Morgan fingerprint density at radius 1 is 1.42 bits per heavy atom. The third-order valence-electron chi connectivity index (χ3n) is 1.65. The van der Waals surface area contributed by atoms with Crippen LogP contribution in [-0.2, 0) is 14.6 Å². The number of carbonyl (C=O) groups is 1. The van der Waals surface area contributed by atoms with Crippen LogP contribution in [0, 0.1) is 0 Å². The first-order valence-electron chi connectivity index (χ1n) is 3.32. The van der Waals surface area contributed by atoms with Gasteiger partial charge in [-0.05, 0) is 13.8 Å². The van der Waals surface area contributed by atoms with Gasteiger partial charge in [0.05, 0.1) is 12.4 Å². The Hall–Kier alpha value is -0.620. The molecule has 0 spiro atoms. The van der Waals surface area contributed by atoms with Crippen molar-refractivity contribution in [3.8, 4) is 0 Å². The lowest BCUT2D eigenvalue weighted by Crippen LogP contribution is -2.42. The summed E-state index contributed by atoms with van der Waals surface area (Å²) in [4.78, 5) is 10.5. The Kier molecular flexibility index (Phi) is 3.23. The zero-order valence-electron chi connectivity index (χ0n) is 6.94. The summed E-state index contributed by atoms with van der Waals surface area (Å²) in [6.07, 6.45) is 0. The summed E-state index contributed by atoms with van der Waals surface area (Å²) < 4.78 is 20.5. The standard InChI is InChI=1S/C6H12O5S/c1-6(2,5(8)9)12(10,11)4-3-7/h7H,3-4H2,1-2H3,(H,8,9). The number of aliphatic hydroxyl groups excluding tert-OH is 1. The predicted octanol–water partition coefficient (Wildman–Crippen LogP) is -0.743. The minimum Gasteiger partial charge on any atom is -0.480 e. The van der Waals surface area contributed by atoms with Gasteiger partial charge in [0.15, 0.2) is 14.6 Å². The molecule has 0 fully saturated rings. The van der Waals surface area contributed by atoms with Crippen LogP contribution in [0.4, 0.5) is 0 Å². The maximum Gasteiger partial charge on any atom is 0.324 e. The second-order valence-electron chi connectivity index (χ2n) is 2.86. The molecule has 0 saturated heterocycles. The van der Waals surface area contributed by atoms with E-state index in [2.05, 4.69) is 0 Å². The molecule has 0 unspecified atom stereocenters. The van der Waals surface area contributed by atoms with Crippen LogP contribution in [-0.4, -0.2) is 41.7 Å². The van der Waals surface area contributed by atoms with Crippen LogP contribution < -0.4 is 0 Å². The quantitative estimate of drug-likeness (QED) is 0.617. The van der Waals surface area contributed by atoms with Crippen molar-refractivity contribution in [2.45, 2.75) is 18.6 Å². The average Bonchev–Trinajstić information content (AvgIpc) is 1.86. The van der Waals surface area contributed by atoms with Crippen molar-refractivity contribution in [2.75, 3.05) is 12.4 Å². The van der Waals surface area contributed by atoms with Crippen molar-refractivity contribution in [3.05, 3.63) is 0 Å². The number of sulfone groups is 1. The van der Waals surface area contributed by atoms with Gasteiger partial charge in [0.1, 0.15) is 0 Å². The second-order valence-corrected chi connectivity index (χ2v) is 5.52. The molecule has 0 heterocycles. The number of aliphatic carboxylic acids is 1. The molecule has 0 aromatic carbocycles. The van der Waals surface area contributed by atoms with Crippen molar-refractivity contribution in [3.63, 3.8) is 0 Å². The fourth-order valence-electron chi connectivity index (χ4n) is 0.508. The average molecular weight is 196 g/mol. The van der Waals surface area contributed by atoms with E-state index in [0.717, 1.165) is 13.8 Å². The van der Waals surface area contributed by atoms with E-state index in [1.165, 1.54) is 0 Å². The summed E-state index contributed by atoms with van der Waals surface area (Å²) in [5.74, 6) is -1.93. The van der Waals surface area contributed by atoms with E-state index in [-0.39, 0.29) is 0 Å². The second kappa shape index (κ2) is 3.40. The van der Waals surface area contributed by atoms with E-state index in [1.807, 2.05) is 0 Å². The summed E-state index contributed by atoms with van der Waals surface area (Å²) in [5, 5.41) is 16.9. The van der Waals surface area contributed by atoms with Gasteiger partial charge in [-0.3, -0.25) is 4.79 Å². The number of aliphatic hydroxyl groups is 1. The molecule has 6 heteroatoms. The van der Waals surface area contributed by atoms with Crippen LogP contribution in [0.25, 0.3) is 0 Å². The lowest BCUT2D eigenvalue weighted by atomic mass is 10.2. The molecule has 5 nitrogen and oxygen atoms in total. The van der Waals surface area contributed by atoms with Crippen LogP contribution in [0.2, 0.25) is 0 Å². The molecule has 12 heavy (non-hydrogen) atoms. The van der Waals surface area contributed by atoms with Gasteiger partial charge >= 0.3 is 5.97 Å². The summed E-state index contributed by atoms with van der Waals surface area (Å²) in [5.41, 5.74) is 0. The normalized spacial score (nSPS) is 12.9. The van der Waals surface area contributed by atoms with Gasteiger partial charge in [-0.15, -0.1) is 0 Å². The first-order chi connectivity index (χ1) is 5.25. The van der Waals surface area contributed by atoms with Crippen molar-refractivity contribution in [1.29, 1.82) is 0 Å². The zero-order chi connectivity index (χ0) is 9.99. The third kappa shape index (κ3) is 1.95. The lowest BCUT2D eigenvalue weighted by Gasteiger charge is -2.18. The zero-order valence-corrected chi connectivity index (χ0v) is 7.76. The lowest BCUT2D eigenvalue weighted by molar-refractivity contribution is -0.139. The largest absolute Gasteiger partial charge is 0.480 e. The van der Waals surface area contributed by atoms with Gasteiger partial charge in [-0.2, -0.15) is 0 Å². The molecule has 0 radical (unpaired) electrons. The van der Waals surface area contributed by atoms with Gasteiger partial charge in [0, 0.05) is 0 Å². The van der Waals surface area contributed by atoms with Crippen LogP contribution in [0.3, 0.4) is 0 Å². The van der Waals surface area contributed by atoms with E-state index >= 15 is 0 Å². The molecule has 0 bridgehead atoms. The molecule has 72 valence electrons. The molecule has 0 amide bonds. The molecule has 0 rings (SSSR count). The molecule has 0 aromatic heterocycles. The molecule has 0 aromatic rings. The van der Waals surface area contributed by atoms with E-state index in [1.54, 1.807) is 0 Å². The fraction of sp³-hybridized carbons (Fsp3) is 0.833. The molecule has 0 aliphatic carbocycles. The Labute approximate surface area is 70.9 Å². The van der Waals surface area contributed by atoms with Crippen molar-refractivity contribution >= 4 is 15.8 Å². The molecule has 0 aliphatic rings. The van der Waals surface area contributed by atoms with Crippen molar-refractivity contribution in [2.24, 2.45) is 0 Å². The van der Waals surface area contributed by atoms with Crippen LogP contribution in [0.15, 0.2) is 0 Å². The van der Waals surface area contributed by atoms with E-state index in [9.17, 15) is 13.2 Å². The summed E-state index contributed by atoms with van der Waals surface area (Å²) in [7, 11) is -3.76. The highest BCUT2D eigenvalue weighted by molar-refractivity contribution is 7.93. The van der Waals surface area contributed by atoms with Gasteiger partial charge in [0.25, 0.3) is 0 Å². The molecular formula is C6H12O5S. The number of carboxylic acids is 1. The molecular weight excluding hydrogens is 184 g/mol. The summed E-state index contributed by atoms with van der Waals surface area (Å²) in [6.45, 7) is 1.64. The van der Waals surface area contributed by atoms with Crippen LogP contribution >= 0.6 is 0 Å². The van der Waals surface area contributed by atoms with Crippen molar-refractivity contribution < 1.29 is 23.4 Å². The highest BCUT2D eigenvalue weighted by atomic mass is 32.2. The van der Waals surface area contributed by atoms with Crippen LogP contribution in [0.5, 0.6) is 0 Å². The Bertz CT molecular complexity index is 264. The molecule has 0 aliphatic heterocycles. The monoisotopic (exact) mass is 196 g/mol.